The third-order valence-corrected chi connectivity index (χ3v) is 0.697. The fraction of sp³-hybridized carbons (Fsp3) is 1.00. The van der Waals surface area contributed by atoms with Crippen molar-refractivity contribution in [3.8, 4) is 0 Å². The second-order valence-corrected chi connectivity index (χ2v) is 1.34. The molecule has 0 aliphatic carbocycles. The van der Waals surface area contributed by atoms with Crippen molar-refractivity contribution < 1.29 is 0 Å². The summed E-state index contributed by atoms with van der Waals surface area (Å²) in [5.41, 5.74) is 5.19. The molecule has 0 atom stereocenters. The van der Waals surface area contributed by atoms with E-state index in [1.165, 1.54) is 0 Å². The molecule has 0 heterocycles. The lowest BCUT2D eigenvalue weighted by molar-refractivity contribution is 0.926. The molecule has 2 heteroatoms. The molecule has 0 fully saturated rings. The van der Waals surface area contributed by atoms with Gasteiger partial charge in [-0.05, 0) is 13.0 Å². The van der Waals surface area contributed by atoms with E-state index in [-0.39, 0.29) is 0 Å². The molecule has 0 saturated heterocycles. The first kappa shape index (κ1) is 6.02. The molecule has 0 aromatic carbocycles. The molecule has 2 N–H and O–H groups in total. The minimum absolute atomic E-state index is 0.824. The maximum absolute atomic E-state index is 5.19. The number of hydrogen-bond donors (Lipinski definition) is 1. The average Bonchev–Trinajstić information content (AvgIpc) is 1.61. The molecule has 0 amide bonds. The average molecular weight is 84.0 g/mol. The minimum atomic E-state index is 0.824. The summed E-state index contributed by atoms with van der Waals surface area (Å²) in [6, 6.07) is 0. The Morgan fingerprint density at radius 3 is 2.50 bits per heavy atom. The Morgan fingerprint density at radius 2 is 2.33 bits per heavy atom. The Balaban J connectivity index is 2.34. The zero-order chi connectivity index (χ0) is 4.83. The molecule has 0 spiro atoms. The first-order chi connectivity index (χ1) is 2.91. The van der Waals surface area contributed by atoms with Crippen LogP contribution in [0.1, 0.15) is 6.42 Å². The molecule has 6 heavy (non-hydrogen) atoms. The normalized spacial score (nSPS) is 8.33. The molecule has 0 bridgehead atoms. The molecule has 35 valence electrons. The van der Waals surface area contributed by atoms with E-state index in [2.05, 4.69) is 14.1 Å². The van der Waals surface area contributed by atoms with Crippen LogP contribution in [-0.4, -0.2) is 13.8 Å². The maximum Gasteiger partial charge on any atom is 0.105 e. The van der Waals surface area contributed by atoms with E-state index in [1.807, 2.05) is 0 Å². The van der Waals surface area contributed by atoms with Crippen LogP contribution in [0.5, 0.6) is 0 Å². The van der Waals surface area contributed by atoms with E-state index < -0.39 is 0 Å². The van der Waals surface area contributed by atoms with Crippen molar-refractivity contribution in [1.29, 1.82) is 0 Å². The van der Waals surface area contributed by atoms with Gasteiger partial charge in [-0.3, -0.25) is 0 Å². The topological polar surface area (TPSA) is 26.0 Å². The first-order valence-electron chi connectivity index (χ1n) is 2.39. The highest BCUT2D eigenvalue weighted by atomic mass is 14.5. The Labute approximate surface area is 40.2 Å². The molecule has 0 rings (SSSR count). The molecule has 0 aromatic heterocycles. The Morgan fingerprint density at radius 1 is 1.67 bits per heavy atom. The van der Waals surface area contributed by atoms with Gasteiger partial charge in [-0.1, -0.05) is 13.1 Å². The van der Waals surface area contributed by atoms with Gasteiger partial charge in [0.2, 0.25) is 0 Å². The van der Waals surface area contributed by atoms with Gasteiger partial charge in [-0.15, -0.1) is 0 Å². The third kappa shape index (κ3) is 4.02. The van der Waals surface area contributed by atoms with E-state index in [0.717, 1.165) is 19.3 Å². The standard InChI is InChI=1S/C4H11BN/c1-5-3-2-4-6/h2-4,6H2,1H3. The highest BCUT2D eigenvalue weighted by Crippen LogP contribution is 1.81. The quantitative estimate of drug-likeness (QED) is 0.391. The lowest BCUT2D eigenvalue weighted by Gasteiger charge is -1.85. The van der Waals surface area contributed by atoms with Crippen molar-refractivity contribution in [2.24, 2.45) is 5.73 Å². The largest absolute Gasteiger partial charge is 0.331 e. The van der Waals surface area contributed by atoms with Gasteiger partial charge in [0.05, 0.1) is 0 Å². The summed E-state index contributed by atoms with van der Waals surface area (Å²) in [7, 11) is 2.13. The molecule has 1 nitrogen and oxygen atoms in total. The summed E-state index contributed by atoms with van der Waals surface area (Å²) >= 11 is 0. The molecule has 1 radical (unpaired) electrons. The third-order valence-electron chi connectivity index (χ3n) is 0.697. The van der Waals surface area contributed by atoms with Gasteiger partial charge >= 0.3 is 0 Å². The Bertz CT molecular complexity index is 19.5. The van der Waals surface area contributed by atoms with Crippen LogP contribution in [-0.2, 0) is 0 Å². The van der Waals surface area contributed by atoms with Crippen molar-refractivity contribution in [3.05, 3.63) is 0 Å². The van der Waals surface area contributed by atoms with Gasteiger partial charge in [0.1, 0.15) is 7.28 Å². The first-order valence-corrected chi connectivity index (χ1v) is 2.39. The van der Waals surface area contributed by atoms with Gasteiger partial charge in [0, 0.05) is 0 Å². The Kier molecular flexibility index (Phi) is 5.05. The SMILES string of the molecule is C[B]CCCN. The molecule has 0 saturated carbocycles. The van der Waals surface area contributed by atoms with Crippen LogP contribution in [0.4, 0.5) is 0 Å². The molecule has 0 aliphatic rings. The summed E-state index contributed by atoms with van der Waals surface area (Å²) in [5.74, 6) is 0. The molecular formula is C4H11BN. The van der Waals surface area contributed by atoms with Gasteiger partial charge in [-0.25, -0.2) is 0 Å². The van der Waals surface area contributed by atoms with Crippen molar-refractivity contribution in [1.82, 2.24) is 0 Å². The van der Waals surface area contributed by atoms with Crippen LogP contribution in [0.25, 0.3) is 0 Å². The fourth-order valence-electron chi connectivity index (χ4n) is 0.322. The van der Waals surface area contributed by atoms with Crippen LogP contribution in [0.2, 0.25) is 13.1 Å². The van der Waals surface area contributed by atoms with Crippen molar-refractivity contribution in [2.45, 2.75) is 19.6 Å². The highest BCUT2D eigenvalue weighted by Gasteiger charge is 1.77. The monoisotopic (exact) mass is 84.1 g/mol. The van der Waals surface area contributed by atoms with E-state index in [1.54, 1.807) is 0 Å². The van der Waals surface area contributed by atoms with E-state index >= 15 is 0 Å². The van der Waals surface area contributed by atoms with Crippen LogP contribution in [0.3, 0.4) is 0 Å². The fourth-order valence-corrected chi connectivity index (χ4v) is 0.322. The molecule has 0 aromatic rings. The molecule has 0 unspecified atom stereocenters. The van der Waals surface area contributed by atoms with Crippen LogP contribution in [0, 0.1) is 0 Å². The maximum atomic E-state index is 5.19. The van der Waals surface area contributed by atoms with Gasteiger partial charge in [-0.2, -0.15) is 0 Å². The number of hydrogen-bond acceptors (Lipinski definition) is 1. The summed E-state index contributed by atoms with van der Waals surface area (Å²) in [5, 5.41) is 0. The van der Waals surface area contributed by atoms with Gasteiger partial charge in [0.15, 0.2) is 0 Å². The highest BCUT2D eigenvalue weighted by molar-refractivity contribution is 6.33. The zero-order valence-electron chi connectivity index (χ0n) is 4.28. The predicted octanol–water partition coefficient (Wildman–Crippen LogP) is 0.506. The minimum Gasteiger partial charge on any atom is -0.331 e. The summed E-state index contributed by atoms with van der Waals surface area (Å²) in [6.45, 7) is 2.88. The van der Waals surface area contributed by atoms with Crippen LogP contribution < -0.4 is 5.73 Å². The van der Waals surface area contributed by atoms with Crippen molar-refractivity contribution >= 4 is 7.28 Å². The van der Waals surface area contributed by atoms with Crippen LogP contribution >= 0.6 is 0 Å². The lowest BCUT2D eigenvalue weighted by Crippen LogP contribution is -1.98. The Hall–Kier alpha value is 0.0249. The molecular weight excluding hydrogens is 72.9 g/mol. The van der Waals surface area contributed by atoms with E-state index in [0.29, 0.717) is 0 Å². The van der Waals surface area contributed by atoms with E-state index in [9.17, 15) is 0 Å². The summed E-state index contributed by atoms with van der Waals surface area (Å²) in [6.07, 6.45) is 2.30. The number of nitrogens with two attached hydrogens (primary N) is 1. The van der Waals surface area contributed by atoms with Crippen molar-refractivity contribution in [3.63, 3.8) is 0 Å². The second-order valence-electron chi connectivity index (χ2n) is 1.34. The summed E-state index contributed by atoms with van der Waals surface area (Å²) in [4.78, 5) is 0. The van der Waals surface area contributed by atoms with Crippen molar-refractivity contribution in [2.75, 3.05) is 6.54 Å². The van der Waals surface area contributed by atoms with Gasteiger partial charge < -0.3 is 5.73 Å². The molecule has 0 aliphatic heterocycles. The second kappa shape index (κ2) is 5.02. The zero-order valence-corrected chi connectivity index (χ0v) is 4.28. The van der Waals surface area contributed by atoms with Crippen LogP contribution in [0.15, 0.2) is 0 Å². The number of rotatable bonds is 3. The lowest BCUT2D eigenvalue weighted by atomic mass is 9.77. The van der Waals surface area contributed by atoms with Gasteiger partial charge in [0.25, 0.3) is 0 Å². The van der Waals surface area contributed by atoms with E-state index in [4.69, 9.17) is 5.73 Å². The predicted molar refractivity (Wildman–Crippen MR) is 30.1 cm³/mol. The smallest absolute Gasteiger partial charge is 0.105 e. The summed E-state index contributed by atoms with van der Waals surface area (Å²) < 4.78 is 0.